The van der Waals surface area contributed by atoms with Crippen molar-refractivity contribution in [2.75, 3.05) is 5.32 Å². The van der Waals surface area contributed by atoms with Gasteiger partial charge in [0.2, 0.25) is 10.0 Å². The highest BCUT2D eigenvalue weighted by molar-refractivity contribution is 7.89. The molecule has 0 saturated heterocycles. The summed E-state index contributed by atoms with van der Waals surface area (Å²) >= 11 is 0. The van der Waals surface area contributed by atoms with Gasteiger partial charge in [0.1, 0.15) is 5.82 Å². The number of nitrogens with zero attached hydrogens (tertiary/aromatic N) is 2. The van der Waals surface area contributed by atoms with Crippen molar-refractivity contribution in [3.8, 4) is 0 Å². The molecule has 23 heavy (non-hydrogen) atoms. The maximum atomic E-state index is 13.9. The number of hydrogen-bond acceptors (Lipinski definition) is 4. The van der Waals surface area contributed by atoms with Crippen LogP contribution in [0.15, 0.2) is 35.5 Å². The summed E-state index contributed by atoms with van der Waals surface area (Å²) in [6, 6.07) is 2.75. The Morgan fingerprint density at radius 2 is 2.04 bits per heavy atom. The van der Waals surface area contributed by atoms with Crippen molar-refractivity contribution in [3.05, 3.63) is 42.0 Å². The second-order valence-corrected chi connectivity index (χ2v) is 6.99. The highest BCUT2D eigenvalue weighted by Crippen LogP contribution is 2.17. The third-order valence-corrected chi connectivity index (χ3v) is 4.50. The Balaban J connectivity index is 2.32. The molecule has 0 unspecified atom stereocenters. The summed E-state index contributed by atoms with van der Waals surface area (Å²) in [5, 5.41) is 6.34. The molecule has 0 fully saturated rings. The molecule has 0 atom stereocenters. The highest BCUT2D eigenvalue weighted by atomic mass is 32.2. The first kappa shape index (κ1) is 17.1. The SMILES string of the molecule is CC(C)NS(=O)(=O)c1ccc(F)c(C(=O)Nc2cnn(C)c2)c1. The lowest BCUT2D eigenvalue weighted by Crippen LogP contribution is -2.30. The van der Waals surface area contributed by atoms with Gasteiger partial charge in [0, 0.05) is 19.3 Å². The molecule has 2 N–H and O–H groups in total. The van der Waals surface area contributed by atoms with Crippen LogP contribution in [0.1, 0.15) is 24.2 Å². The molecular weight excluding hydrogens is 323 g/mol. The van der Waals surface area contributed by atoms with E-state index in [2.05, 4.69) is 15.1 Å². The first-order valence-electron chi connectivity index (χ1n) is 6.81. The quantitative estimate of drug-likeness (QED) is 0.862. The number of aromatic nitrogens is 2. The van der Waals surface area contributed by atoms with E-state index in [9.17, 15) is 17.6 Å². The van der Waals surface area contributed by atoms with Gasteiger partial charge in [0.05, 0.1) is 22.3 Å². The molecule has 2 aromatic rings. The summed E-state index contributed by atoms with van der Waals surface area (Å²) in [5.41, 5.74) is 0.0194. The van der Waals surface area contributed by atoms with Crippen LogP contribution in [0.4, 0.5) is 10.1 Å². The minimum atomic E-state index is -3.81. The molecule has 124 valence electrons. The Kier molecular flexibility index (Phi) is 4.81. The van der Waals surface area contributed by atoms with Gasteiger partial charge in [-0.15, -0.1) is 0 Å². The van der Waals surface area contributed by atoms with Crippen molar-refractivity contribution in [2.24, 2.45) is 7.05 Å². The monoisotopic (exact) mass is 340 g/mol. The van der Waals surface area contributed by atoms with Crippen molar-refractivity contribution < 1.29 is 17.6 Å². The lowest BCUT2D eigenvalue weighted by molar-refractivity contribution is 0.102. The summed E-state index contributed by atoms with van der Waals surface area (Å²) < 4.78 is 42.0. The van der Waals surface area contributed by atoms with Crippen LogP contribution in [0.3, 0.4) is 0 Å². The molecule has 2 rings (SSSR count). The molecule has 0 aliphatic heterocycles. The topological polar surface area (TPSA) is 93.1 Å². The van der Waals surface area contributed by atoms with Gasteiger partial charge in [-0.2, -0.15) is 5.10 Å². The predicted molar refractivity (Wildman–Crippen MR) is 83.0 cm³/mol. The highest BCUT2D eigenvalue weighted by Gasteiger charge is 2.20. The Morgan fingerprint density at radius 3 is 2.61 bits per heavy atom. The Hall–Kier alpha value is -2.26. The average Bonchev–Trinajstić information content (AvgIpc) is 2.82. The number of nitrogens with one attached hydrogen (secondary N) is 2. The van der Waals surface area contributed by atoms with Crippen LogP contribution in [-0.4, -0.2) is 30.1 Å². The van der Waals surface area contributed by atoms with Crippen LogP contribution in [-0.2, 0) is 17.1 Å². The number of halogens is 1. The second-order valence-electron chi connectivity index (χ2n) is 5.27. The summed E-state index contributed by atoms with van der Waals surface area (Å²) in [6.45, 7) is 3.33. The van der Waals surface area contributed by atoms with E-state index in [-0.39, 0.29) is 16.5 Å². The maximum absolute atomic E-state index is 13.9. The fourth-order valence-corrected chi connectivity index (χ4v) is 3.18. The summed E-state index contributed by atoms with van der Waals surface area (Å²) in [7, 11) is -2.15. The predicted octanol–water partition coefficient (Wildman–Crippen LogP) is 1.50. The van der Waals surface area contributed by atoms with E-state index in [0.717, 1.165) is 18.2 Å². The van der Waals surface area contributed by atoms with Crippen LogP contribution in [0, 0.1) is 5.82 Å². The van der Waals surface area contributed by atoms with Crippen molar-refractivity contribution in [3.63, 3.8) is 0 Å². The first-order chi connectivity index (χ1) is 10.7. The molecule has 7 nitrogen and oxygen atoms in total. The van der Waals surface area contributed by atoms with Gasteiger partial charge in [-0.3, -0.25) is 9.48 Å². The fourth-order valence-electron chi connectivity index (χ4n) is 1.91. The van der Waals surface area contributed by atoms with Crippen molar-refractivity contribution in [1.82, 2.24) is 14.5 Å². The zero-order chi connectivity index (χ0) is 17.2. The van der Waals surface area contributed by atoms with Gasteiger partial charge in [-0.25, -0.2) is 17.5 Å². The molecule has 0 aliphatic carbocycles. The Bertz CT molecular complexity index is 830. The minimum Gasteiger partial charge on any atom is -0.319 e. The average molecular weight is 340 g/mol. The van der Waals surface area contributed by atoms with Crippen LogP contribution in [0.2, 0.25) is 0 Å². The number of carbonyl (C=O) groups is 1. The standard InChI is InChI=1S/C14H17FN4O3S/c1-9(2)18-23(21,22)11-4-5-13(15)12(6-11)14(20)17-10-7-16-19(3)8-10/h4-9,18H,1-3H3,(H,17,20). The number of anilines is 1. The number of hydrogen-bond donors (Lipinski definition) is 2. The molecule has 1 heterocycles. The molecular formula is C14H17FN4O3S. The van der Waals surface area contributed by atoms with Gasteiger partial charge in [-0.1, -0.05) is 0 Å². The molecule has 9 heteroatoms. The van der Waals surface area contributed by atoms with Gasteiger partial charge in [-0.05, 0) is 32.0 Å². The molecule has 0 bridgehead atoms. The van der Waals surface area contributed by atoms with E-state index in [0.29, 0.717) is 5.69 Å². The number of aryl methyl sites for hydroxylation is 1. The van der Waals surface area contributed by atoms with Crippen molar-refractivity contribution in [1.29, 1.82) is 0 Å². The van der Waals surface area contributed by atoms with E-state index in [1.165, 1.54) is 17.1 Å². The zero-order valence-electron chi connectivity index (χ0n) is 12.9. The molecule has 0 spiro atoms. The Labute approximate surface area is 133 Å². The molecule has 0 saturated carbocycles. The number of sulfonamides is 1. The van der Waals surface area contributed by atoms with E-state index in [1.54, 1.807) is 20.9 Å². The molecule has 1 aromatic heterocycles. The fraction of sp³-hybridized carbons (Fsp3) is 0.286. The third kappa shape index (κ3) is 4.14. The molecule has 1 aromatic carbocycles. The van der Waals surface area contributed by atoms with Crippen molar-refractivity contribution >= 4 is 21.6 Å². The second kappa shape index (κ2) is 6.47. The van der Waals surface area contributed by atoms with Crippen LogP contribution >= 0.6 is 0 Å². The van der Waals surface area contributed by atoms with Crippen LogP contribution in [0.5, 0.6) is 0 Å². The lowest BCUT2D eigenvalue weighted by atomic mass is 10.2. The molecule has 0 aliphatic rings. The van der Waals surface area contributed by atoms with Crippen LogP contribution in [0.25, 0.3) is 0 Å². The van der Waals surface area contributed by atoms with Gasteiger partial charge in [0.25, 0.3) is 5.91 Å². The van der Waals surface area contributed by atoms with Gasteiger partial charge in [0.15, 0.2) is 0 Å². The lowest BCUT2D eigenvalue weighted by Gasteiger charge is -2.11. The van der Waals surface area contributed by atoms with E-state index in [4.69, 9.17) is 0 Å². The molecule has 0 radical (unpaired) electrons. The number of rotatable bonds is 5. The summed E-state index contributed by atoms with van der Waals surface area (Å²) in [4.78, 5) is 12.0. The van der Waals surface area contributed by atoms with Crippen molar-refractivity contribution in [2.45, 2.75) is 24.8 Å². The number of carbonyl (C=O) groups excluding carboxylic acids is 1. The zero-order valence-corrected chi connectivity index (χ0v) is 13.7. The first-order valence-corrected chi connectivity index (χ1v) is 8.29. The number of amides is 1. The Morgan fingerprint density at radius 1 is 1.35 bits per heavy atom. The normalized spacial score (nSPS) is 11.7. The largest absolute Gasteiger partial charge is 0.319 e. The smallest absolute Gasteiger partial charge is 0.258 e. The number of benzene rings is 1. The van der Waals surface area contributed by atoms with E-state index >= 15 is 0 Å². The van der Waals surface area contributed by atoms with E-state index in [1.807, 2.05) is 0 Å². The summed E-state index contributed by atoms with van der Waals surface area (Å²) in [5.74, 6) is -1.56. The third-order valence-electron chi connectivity index (χ3n) is 2.85. The van der Waals surface area contributed by atoms with Gasteiger partial charge < -0.3 is 5.32 Å². The molecule has 1 amide bonds. The minimum absolute atomic E-state index is 0.177. The van der Waals surface area contributed by atoms with E-state index < -0.39 is 21.7 Å². The van der Waals surface area contributed by atoms with Crippen LogP contribution < -0.4 is 10.0 Å². The van der Waals surface area contributed by atoms with Gasteiger partial charge >= 0.3 is 0 Å². The summed E-state index contributed by atoms with van der Waals surface area (Å²) in [6.07, 6.45) is 2.94. The maximum Gasteiger partial charge on any atom is 0.258 e.